The van der Waals surface area contributed by atoms with Crippen molar-refractivity contribution in [3.8, 4) is 11.5 Å². The van der Waals surface area contributed by atoms with Crippen LogP contribution in [0.1, 0.15) is 35.7 Å². The van der Waals surface area contributed by atoms with E-state index < -0.39 is 0 Å². The van der Waals surface area contributed by atoms with Gasteiger partial charge in [-0.15, -0.1) is 0 Å². The highest BCUT2D eigenvalue weighted by molar-refractivity contribution is 5.95. The summed E-state index contributed by atoms with van der Waals surface area (Å²) in [5.41, 5.74) is 9.96. The molecule has 0 aliphatic heterocycles. The van der Waals surface area contributed by atoms with Crippen LogP contribution in [-0.4, -0.2) is 25.8 Å². The van der Waals surface area contributed by atoms with E-state index in [-0.39, 0.29) is 5.91 Å². The van der Waals surface area contributed by atoms with Crippen LogP contribution in [0.2, 0.25) is 0 Å². The molecule has 2 aromatic rings. The van der Waals surface area contributed by atoms with Crippen molar-refractivity contribution >= 4 is 17.8 Å². The molecule has 0 aromatic heterocycles. The first-order valence-electron chi connectivity index (χ1n) is 8.13. The number of hydrogen-bond donors (Lipinski definition) is 2. The molecule has 2 rings (SSSR count). The fourth-order valence-electron chi connectivity index (χ4n) is 2.07. The maximum Gasteiger partial charge on any atom is 0.271 e. The quantitative estimate of drug-likeness (QED) is 0.334. The van der Waals surface area contributed by atoms with Gasteiger partial charge in [-0.25, -0.2) is 5.43 Å². The number of benzene rings is 2. The zero-order valence-corrected chi connectivity index (χ0v) is 14.5. The molecule has 0 bridgehead atoms. The van der Waals surface area contributed by atoms with Crippen molar-refractivity contribution < 1.29 is 14.3 Å². The highest BCUT2D eigenvalue weighted by atomic mass is 16.5. The highest BCUT2D eigenvalue weighted by Crippen LogP contribution is 2.27. The van der Waals surface area contributed by atoms with Crippen molar-refractivity contribution in [3.05, 3.63) is 53.6 Å². The maximum absolute atomic E-state index is 12.0. The number of unbranched alkanes of at least 4 members (excludes halogenated alkanes) is 1. The lowest BCUT2D eigenvalue weighted by atomic mass is 10.2. The molecule has 0 radical (unpaired) electrons. The van der Waals surface area contributed by atoms with E-state index in [0.717, 1.165) is 18.4 Å². The monoisotopic (exact) mass is 341 g/mol. The predicted octanol–water partition coefficient (Wildman–Crippen LogP) is 3.22. The van der Waals surface area contributed by atoms with Gasteiger partial charge in [0.25, 0.3) is 5.91 Å². The molecule has 6 heteroatoms. The second kappa shape index (κ2) is 9.32. The summed E-state index contributed by atoms with van der Waals surface area (Å²) in [5, 5.41) is 3.97. The zero-order chi connectivity index (χ0) is 18.1. The summed E-state index contributed by atoms with van der Waals surface area (Å²) in [7, 11) is 1.59. The summed E-state index contributed by atoms with van der Waals surface area (Å²) in [6, 6.07) is 12.1. The molecule has 0 saturated heterocycles. The molecule has 0 atom stereocenters. The molecule has 0 spiro atoms. The van der Waals surface area contributed by atoms with E-state index in [1.165, 1.54) is 0 Å². The summed E-state index contributed by atoms with van der Waals surface area (Å²) in [6.07, 6.45) is 3.61. The van der Waals surface area contributed by atoms with Crippen molar-refractivity contribution in [2.24, 2.45) is 5.10 Å². The molecule has 0 heterocycles. The number of ether oxygens (including phenoxy) is 2. The summed E-state index contributed by atoms with van der Waals surface area (Å²) in [5.74, 6) is 1.02. The number of hydrogen-bond acceptors (Lipinski definition) is 5. The van der Waals surface area contributed by atoms with Gasteiger partial charge in [-0.05, 0) is 54.4 Å². The largest absolute Gasteiger partial charge is 0.493 e. The van der Waals surface area contributed by atoms with Gasteiger partial charge in [0.15, 0.2) is 11.5 Å². The second-order valence-electron chi connectivity index (χ2n) is 5.43. The van der Waals surface area contributed by atoms with E-state index in [4.69, 9.17) is 15.2 Å². The first kappa shape index (κ1) is 18.3. The number of nitrogens with one attached hydrogen (secondary N) is 1. The Balaban J connectivity index is 1.98. The number of amides is 1. The van der Waals surface area contributed by atoms with Crippen molar-refractivity contribution in [3.63, 3.8) is 0 Å². The van der Waals surface area contributed by atoms with Crippen molar-refractivity contribution in [2.75, 3.05) is 19.5 Å². The molecule has 0 aliphatic rings. The molecule has 0 aliphatic carbocycles. The normalized spacial score (nSPS) is 10.6. The Labute approximate surface area is 147 Å². The van der Waals surface area contributed by atoms with Crippen LogP contribution in [0.25, 0.3) is 0 Å². The molecule has 0 unspecified atom stereocenters. The van der Waals surface area contributed by atoms with Crippen molar-refractivity contribution in [1.82, 2.24) is 5.43 Å². The van der Waals surface area contributed by atoms with Gasteiger partial charge in [0.2, 0.25) is 0 Å². The Hall–Kier alpha value is -3.02. The van der Waals surface area contributed by atoms with Crippen LogP contribution in [-0.2, 0) is 0 Å². The van der Waals surface area contributed by atoms with Gasteiger partial charge in [0, 0.05) is 11.3 Å². The number of hydrazone groups is 1. The highest BCUT2D eigenvalue weighted by Gasteiger charge is 2.06. The number of carbonyl (C=O) groups excluding carboxylic acids is 1. The number of anilines is 1. The van der Waals surface area contributed by atoms with Crippen molar-refractivity contribution in [2.45, 2.75) is 19.8 Å². The minimum Gasteiger partial charge on any atom is -0.493 e. The van der Waals surface area contributed by atoms with Crippen LogP contribution in [0.15, 0.2) is 47.6 Å². The van der Waals surface area contributed by atoms with E-state index in [1.54, 1.807) is 43.7 Å². The summed E-state index contributed by atoms with van der Waals surface area (Å²) in [4.78, 5) is 12.0. The van der Waals surface area contributed by atoms with Gasteiger partial charge < -0.3 is 15.2 Å². The topological polar surface area (TPSA) is 85.9 Å². The molecule has 132 valence electrons. The van der Waals surface area contributed by atoms with Crippen LogP contribution in [0.3, 0.4) is 0 Å². The van der Waals surface area contributed by atoms with Gasteiger partial charge in [-0.2, -0.15) is 5.10 Å². The number of methoxy groups -OCH3 is 1. The van der Waals surface area contributed by atoms with E-state index in [9.17, 15) is 4.79 Å². The fourth-order valence-corrected chi connectivity index (χ4v) is 2.07. The lowest BCUT2D eigenvalue weighted by Crippen LogP contribution is -2.17. The van der Waals surface area contributed by atoms with E-state index in [2.05, 4.69) is 17.5 Å². The van der Waals surface area contributed by atoms with Gasteiger partial charge in [0.1, 0.15) is 0 Å². The smallest absolute Gasteiger partial charge is 0.271 e. The number of nitrogens with zero attached hydrogens (tertiary/aromatic N) is 1. The Bertz CT molecular complexity index is 727. The first-order valence-corrected chi connectivity index (χ1v) is 8.13. The third-order valence-corrected chi connectivity index (χ3v) is 3.50. The summed E-state index contributed by atoms with van der Waals surface area (Å²) < 4.78 is 11.0. The number of carbonyl (C=O) groups is 1. The molecule has 6 nitrogen and oxygen atoms in total. The maximum atomic E-state index is 12.0. The average molecular weight is 341 g/mol. The van der Waals surface area contributed by atoms with Crippen LogP contribution in [0, 0.1) is 0 Å². The minimum atomic E-state index is -0.303. The van der Waals surface area contributed by atoms with E-state index >= 15 is 0 Å². The molecule has 25 heavy (non-hydrogen) atoms. The van der Waals surface area contributed by atoms with Crippen LogP contribution >= 0.6 is 0 Å². The summed E-state index contributed by atoms with van der Waals surface area (Å²) >= 11 is 0. The number of nitrogen functional groups attached to an aromatic ring is 1. The summed E-state index contributed by atoms with van der Waals surface area (Å²) in [6.45, 7) is 2.76. The van der Waals surface area contributed by atoms with Crippen molar-refractivity contribution in [1.29, 1.82) is 0 Å². The second-order valence-corrected chi connectivity index (χ2v) is 5.43. The molecule has 0 saturated carbocycles. The third-order valence-electron chi connectivity index (χ3n) is 3.50. The van der Waals surface area contributed by atoms with Crippen LogP contribution in [0.4, 0.5) is 5.69 Å². The first-order chi connectivity index (χ1) is 12.1. The van der Waals surface area contributed by atoms with Gasteiger partial charge in [-0.3, -0.25) is 4.79 Å². The Morgan fingerprint density at radius 3 is 2.64 bits per heavy atom. The van der Waals surface area contributed by atoms with E-state index in [0.29, 0.717) is 29.4 Å². The lowest BCUT2D eigenvalue weighted by molar-refractivity contribution is 0.0955. The molecule has 3 N–H and O–H groups in total. The Morgan fingerprint density at radius 1 is 1.20 bits per heavy atom. The SMILES string of the molecule is CCCCOc1ccc(/C=N/NC(=O)c2ccc(N)cc2)cc1OC. The van der Waals surface area contributed by atoms with Gasteiger partial charge in [-0.1, -0.05) is 13.3 Å². The molecular formula is C19H23N3O3. The fraction of sp³-hybridized carbons (Fsp3) is 0.263. The number of rotatable bonds is 8. The zero-order valence-electron chi connectivity index (χ0n) is 14.5. The standard InChI is InChI=1S/C19H23N3O3/c1-3-4-11-25-17-10-5-14(12-18(17)24-2)13-21-22-19(23)15-6-8-16(20)9-7-15/h5-10,12-13H,3-4,11,20H2,1-2H3,(H,22,23)/b21-13+. The molecule has 0 fully saturated rings. The lowest BCUT2D eigenvalue weighted by Gasteiger charge is -2.10. The van der Waals surface area contributed by atoms with Gasteiger partial charge in [0.05, 0.1) is 19.9 Å². The average Bonchev–Trinajstić information content (AvgIpc) is 2.63. The van der Waals surface area contributed by atoms with E-state index in [1.807, 2.05) is 12.1 Å². The van der Waals surface area contributed by atoms with Crippen LogP contribution in [0.5, 0.6) is 11.5 Å². The van der Waals surface area contributed by atoms with Gasteiger partial charge >= 0.3 is 0 Å². The molecule has 1 amide bonds. The minimum absolute atomic E-state index is 0.303. The number of nitrogens with two attached hydrogens (primary N) is 1. The molecule has 2 aromatic carbocycles. The predicted molar refractivity (Wildman–Crippen MR) is 99.3 cm³/mol. The Kier molecular flexibility index (Phi) is 6.83. The van der Waals surface area contributed by atoms with Crippen LogP contribution < -0.4 is 20.6 Å². The third kappa shape index (κ3) is 5.53. The Morgan fingerprint density at radius 2 is 1.96 bits per heavy atom. The molecular weight excluding hydrogens is 318 g/mol.